The Morgan fingerprint density at radius 3 is 2.83 bits per heavy atom. The van der Waals surface area contributed by atoms with Crippen molar-refractivity contribution in [3.8, 4) is 0 Å². The highest BCUT2D eigenvalue weighted by Gasteiger charge is 2.30. The van der Waals surface area contributed by atoms with Gasteiger partial charge in [0.05, 0.1) is 5.69 Å². The molecule has 0 saturated carbocycles. The van der Waals surface area contributed by atoms with E-state index in [1.165, 1.54) is 17.0 Å². The second kappa shape index (κ2) is 5.00. The number of anilines is 1. The number of carbonyl (C=O) groups excluding carboxylic acids is 1. The predicted octanol–water partition coefficient (Wildman–Crippen LogP) is 3.64. The number of thiazole rings is 1. The number of fused-ring (bicyclic) bond motifs is 1. The maximum atomic E-state index is 11.4. The van der Waals surface area contributed by atoms with Crippen LogP contribution in [0.1, 0.15) is 51.1 Å². The molecule has 1 N–H and O–H groups in total. The summed E-state index contributed by atoms with van der Waals surface area (Å²) in [6.07, 6.45) is 3.88. The third-order valence-electron chi connectivity index (χ3n) is 3.73. The van der Waals surface area contributed by atoms with Gasteiger partial charge in [-0.25, -0.2) is 4.98 Å². The molecule has 1 heterocycles. The number of aromatic nitrogens is 1. The van der Waals surface area contributed by atoms with Crippen LogP contribution in [0.5, 0.6) is 0 Å². The van der Waals surface area contributed by atoms with E-state index in [-0.39, 0.29) is 5.91 Å². The lowest BCUT2D eigenvalue weighted by Crippen LogP contribution is -2.26. The SMILES string of the molecule is CCC(=O)Nc1nc2c(s1)C[C@H](C(C)(C)C)CC2. The first-order valence-electron chi connectivity index (χ1n) is 6.68. The topological polar surface area (TPSA) is 42.0 Å². The summed E-state index contributed by atoms with van der Waals surface area (Å²) < 4.78 is 0. The molecule has 0 unspecified atom stereocenters. The molecular weight excluding hydrogens is 244 g/mol. The molecule has 0 aromatic carbocycles. The molecule has 1 aromatic heterocycles. The highest BCUT2D eigenvalue weighted by Crippen LogP contribution is 2.39. The minimum Gasteiger partial charge on any atom is -0.302 e. The molecule has 0 spiro atoms. The van der Waals surface area contributed by atoms with Crippen molar-refractivity contribution < 1.29 is 4.79 Å². The van der Waals surface area contributed by atoms with Gasteiger partial charge in [0.25, 0.3) is 0 Å². The van der Waals surface area contributed by atoms with Crippen LogP contribution in [0, 0.1) is 11.3 Å². The Morgan fingerprint density at radius 2 is 2.22 bits per heavy atom. The van der Waals surface area contributed by atoms with Crippen molar-refractivity contribution in [3.05, 3.63) is 10.6 Å². The van der Waals surface area contributed by atoms with E-state index in [0.29, 0.717) is 11.8 Å². The maximum Gasteiger partial charge on any atom is 0.225 e. The highest BCUT2D eigenvalue weighted by molar-refractivity contribution is 7.15. The first-order chi connectivity index (χ1) is 8.40. The van der Waals surface area contributed by atoms with Gasteiger partial charge in [0, 0.05) is 11.3 Å². The fourth-order valence-corrected chi connectivity index (χ4v) is 3.48. The van der Waals surface area contributed by atoms with Crippen LogP contribution < -0.4 is 5.32 Å². The van der Waals surface area contributed by atoms with E-state index in [1.54, 1.807) is 11.3 Å². The number of aryl methyl sites for hydroxylation is 1. The summed E-state index contributed by atoms with van der Waals surface area (Å²) >= 11 is 1.66. The third kappa shape index (κ3) is 2.91. The molecule has 1 atom stereocenters. The molecule has 3 nitrogen and oxygen atoms in total. The maximum absolute atomic E-state index is 11.4. The van der Waals surface area contributed by atoms with Crippen molar-refractivity contribution in [2.24, 2.45) is 11.3 Å². The Bertz CT molecular complexity index is 445. The second-order valence-electron chi connectivity index (χ2n) is 6.10. The van der Waals surface area contributed by atoms with E-state index in [9.17, 15) is 4.79 Å². The van der Waals surface area contributed by atoms with Gasteiger partial charge in [0.2, 0.25) is 5.91 Å². The normalized spacial score (nSPS) is 19.4. The lowest BCUT2D eigenvalue weighted by Gasteiger charge is -2.33. The van der Waals surface area contributed by atoms with E-state index in [0.717, 1.165) is 23.9 Å². The molecule has 1 aliphatic carbocycles. The highest BCUT2D eigenvalue weighted by atomic mass is 32.1. The van der Waals surface area contributed by atoms with E-state index < -0.39 is 0 Å². The summed E-state index contributed by atoms with van der Waals surface area (Å²) in [5.74, 6) is 0.772. The second-order valence-corrected chi connectivity index (χ2v) is 7.18. The fourth-order valence-electron chi connectivity index (χ4n) is 2.38. The van der Waals surface area contributed by atoms with Gasteiger partial charge in [-0.2, -0.15) is 0 Å². The minimum absolute atomic E-state index is 0.0495. The Balaban J connectivity index is 2.11. The summed E-state index contributed by atoms with van der Waals surface area (Å²) in [5, 5.41) is 3.65. The van der Waals surface area contributed by atoms with Crippen molar-refractivity contribution in [2.75, 3.05) is 5.32 Å². The standard InChI is InChI=1S/C14H22N2OS/c1-5-12(17)16-13-15-10-7-6-9(14(2,3)4)8-11(10)18-13/h9H,5-8H2,1-4H3,(H,15,16,17)/t9-/m1/s1. The van der Waals surface area contributed by atoms with Crippen LogP contribution in [0.25, 0.3) is 0 Å². The summed E-state index contributed by atoms with van der Waals surface area (Å²) in [6, 6.07) is 0. The summed E-state index contributed by atoms with van der Waals surface area (Å²) in [5.41, 5.74) is 1.56. The molecule has 1 aromatic rings. The van der Waals surface area contributed by atoms with Crippen molar-refractivity contribution in [1.29, 1.82) is 0 Å². The quantitative estimate of drug-likeness (QED) is 0.888. The minimum atomic E-state index is 0.0495. The lowest BCUT2D eigenvalue weighted by atomic mass is 9.73. The van der Waals surface area contributed by atoms with Gasteiger partial charge in [-0.15, -0.1) is 11.3 Å². The number of amides is 1. The average Bonchev–Trinajstić information content (AvgIpc) is 2.68. The molecule has 0 aliphatic heterocycles. The lowest BCUT2D eigenvalue weighted by molar-refractivity contribution is -0.115. The van der Waals surface area contributed by atoms with Gasteiger partial charge in [-0.1, -0.05) is 27.7 Å². The first-order valence-corrected chi connectivity index (χ1v) is 7.50. The Morgan fingerprint density at radius 1 is 1.50 bits per heavy atom. The van der Waals surface area contributed by atoms with Crippen molar-refractivity contribution in [2.45, 2.75) is 53.4 Å². The molecule has 0 bridgehead atoms. The van der Waals surface area contributed by atoms with Crippen molar-refractivity contribution in [3.63, 3.8) is 0 Å². The first kappa shape index (κ1) is 13.5. The zero-order valence-electron chi connectivity index (χ0n) is 11.7. The predicted molar refractivity (Wildman–Crippen MR) is 76.0 cm³/mol. The molecule has 0 saturated heterocycles. The number of nitrogens with zero attached hydrogens (tertiary/aromatic N) is 1. The van der Waals surface area contributed by atoms with E-state index in [2.05, 4.69) is 31.1 Å². The molecule has 4 heteroatoms. The van der Waals surface area contributed by atoms with Gasteiger partial charge in [-0.05, 0) is 30.6 Å². The number of carbonyl (C=O) groups is 1. The Labute approximate surface area is 113 Å². The third-order valence-corrected chi connectivity index (χ3v) is 4.77. The molecular formula is C14H22N2OS. The number of nitrogens with one attached hydrogen (secondary N) is 1. The van der Waals surface area contributed by atoms with Gasteiger partial charge in [0.15, 0.2) is 5.13 Å². The van der Waals surface area contributed by atoms with Crippen molar-refractivity contribution in [1.82, 2.24) is 4.98 Å². The summed E-state index contributed by atoms with van der Waals surface area (Å²) in [6.45, 7) is 8.79. The number of hydrogen-bond acceptors (Lipinski definition) is 3. The van der Waals surface area contributed by atoms with E-state index in [4.69, 9.17) is 0 Å². The zero-order chi connectivity index (χ0) is 13.3. The molecule has 100 valence electrons. The van der Waals surface area contributed by atoms with Crippen LogP contribution in [-0.2, 0) is 17.6 Å². The van der Waals surface area contributed by atoms with Crippen LogP contribution in [0.15, 0.2) is 0 Å². The molecule has 0 radical (unpaired) electrons. The molecule has 1 amide bonds. The Kier molecular flexibility index (Phi) is 3.76. The van der Waals surface area contributed by atoms with Gasteiger partial charge >= 0.3 is 0 Å². The van der Waals surface area contributed by atoms with Gasteiger partial charge in [0.1, 0.15) is 0 Å². The van der Waals surface area contributed by atoms with E-state index >= 15 is 0 Å². The van der Waals surface area contributed by atoms with Crippen LogP contribution in [0.2, 0.25) is 0 Å². The van der Waals surface area contributed by atoms with Crippen LogP contribution in [-0.4, -0.2) is 10.9 Å². The summed E-state index contributed by atoms with van der Waals surface area (Å²) in [4.78, 5) is 17.3. The molecule has 2 rings (SSSR count). The summed E-state index contributed by atoms with van der Waals surface area (Å²) in [7, 11) is 0. The molecule has 18 heavy (non-hydrogen) atoms. The average molecular weight is 266 g/mol. The van der Waals surface area contributed by atoms with Gasteiger partial charge in [-0.3, -0.25) is 4.79 Å². The monoisotopic (exact) mass is 266 g/mol. The van der Waals surface area contributed by atoms with Crippen molar-refractivity contribution >= 4 is 22.4 Å². The smallest absolute Gasteiger partial charge is 0.225 e. The van der Waals surface area contributed by atoms with Crippen LogP contribution in [0.4, 0.5) is 5.13 Å². The number of rotatable bonds is 2. The van der Waals surface area contributed by atoms with Gasteiger partial charge < -0.3 is 5.32 Å². The Hall–Kier alpha value is -0.900. The largest absolute Gasteiger partial charge is 0.302 e. The molecule has 0 fully saturated rings. The van der Waals surface area contributed by atoms with Crippen LogP contribution >= 0.6 is 11.3 Å². The van der Waals surface area contributed by atoms with Crippen LogP contribution in [0.3, 0.4) is 0 Å². The number of hydrogen-bond donors (Lipinski definition) is 1. The molecule has 1 aliphatic rings. The zero-order valence-corrected chi connectivity index (χ0v) is 12.5. The van der Waals surface area contributed by atoms with E-state index in [1.807, 2.05) is 6.92 Å². The fraction of sp³-hybridized carbons (Fsp3) is 0.714.